The maximum absolute atomic E-state index is 10.8. The van der Waals surface area contributed by atoms with E-state index in [0.29, 0.717) is 22.0 Å². The van der Waals surface area contributed by atoms with Crippen molar-refractivity contribution in [1.82, 2.24) is 5.43 Å². The van der Waals surface area contributed by atoms with Crippen LogP contribution in [0.5, 0.6) is 5.75 Å². The molecule has 0 atom stereocenters. The van der Waals surface area contributed by atoms with E-state index < -0.39 is 4.92 Å². The van der Waals surface area contributed by atoms with Gasteiger partial charge in [-0.05, 0) is 30.4 Å². The molecule has 0 radical (unpaired) electrons. The van der Waals surface area contributed by atoms with Crippen molar-refractivity contribution in [2.75, 3.05) is 12.4 Å². The molecule has 24 heavy (non-hydrogen) atoms. The summed E-state index contributed by atoms with van der Waals surface area (Å²) in [7, 11) is 1.56. The second-order valence-corrected chi connectivity index (χ2v) is 5.30. The van der Waals surface area contributed by atoms with Crippen LogP contribution in [0.15, 0.2) is 47.6 Å². The molecule has 2 N–H and O–H groups in total. The maximum atomic E-state index is 10.8. The number of benzene rings is 2. The maximum Gasteiger partial charge on any atom is 0.270 e. The number of hydrazone groups is 1. The summed E-state index contributed by atoms with van der Waals surface area (Å²) in [6.07, 6.45) is 1.35. The first-order valence-corrected chi connectivity index (χ1v) is 7.47. The first-order valence-electron chi connectivity index (χ1n) is 6.68. The average molecular weight is 365 g/mol. The lowest BCUT2D eigenvalue weighted by atomic mass is 10.2. The minimum atomic E-state index is -0.505. The molecule has 0 bridgehead atoms. The molecule has 0 aliphatic heterocycles. The summed E-state index contributed by atoms with van der Waals surface area (Å²) in [6.45, 7) is 0. The number of non-ortho nitro benzene ring substituents is 1. The molecule has 0 aliphatic rings. The number of thiocarbonyl (C=S) groups is 1. The predicted octanol–water partition coefficient (Wildman–Crippen LogP) is 3.58. The van der Waals surface area contributed by atoms with Gasteiger partial charge in [-0.3, -0.25) is 15.5 Å². The summed E-state index contributed by atoms with van der Waals surface area (Å²) in [5.41, 5.74) is 3.62. The van der Waals surface area contributed by atoms with Crippen molar-refractivity contribution >= 4 is 46.5 Å². The second kappa shape index (κ2) is 8.23. The molecule has 0 spiro atoms. The van der Waals surface area contributed by atoms with Crippen LogP contribution in [0.4, 0.5) is 11.4 Å². The monoisotopic (exact) mass is 364 g/mol. The van der Waals surface area contributed by atoms with E-state index in [4.69, 9.17) is 28.6 Å². The van der Waals surface area contributed by atoms with Gasteiger partial charge in [0.1, 0.15) is 5.75 Å². The minimum Gasteiger partial charge on any atom is -0.495 e. The van der Waals surface area contributed by atoms with Gasteiger partial charge in [-0.15, -0.1) is 0 Å². The lowest BCUT2D eigenvalue weighted by Gasteiger charge is -2.10. The molecule has 0 heterocycles. The van der Waals surface area contributed by atoms with E-state index in [1.54, 1.807) is 19.2 Å². The van der Waals surface area contributed by atoms with Crippen molar-refractivity contribution in [2.24, 2.45) is 5.10 Å². The Morgan fingerprint density at radius 2 is 2.12 bits per heavy atom. The summed E-state index contributed by atoms with van der Waals surface area (Å²) < 4.78 is 5.20. The van der Waals surface area contributed by atoms with Crippen LogP contribution >= 0.6 is 23.8 Å². The first-order chi connectivity index (χ1) is 11.5. The van der Waals surface area contributed by atoms with Gasteiger partial charge in [-0.2, -0.15) is 5.10 Å². The van der Waals surface area contributed by atoms with Crippen LogP contribution in [-0.2, 0) is 0 Å². The molecular weight excluding hydrogens is 352 g/mol. The molecule has 9 heteroatoms. The number of halogens is 1. The molecule has 0 saturated heterocycles. The molecule has 0 aliphatic carbocycles. The van der Waals surface area contributed by atoms with Crippen LogP contribution in [0.25, 0.3) is 0 Å². The Labute approximate surface area is 148 Å². The topological polar surface area (TPSA) is 88.8 Å². The van der Waals surface area contributed by atoms with Gasteiger partial charge in [0.25, 0.3) is 5.69 Å². The Balaban J connectivity index is 2.02. The largest absolute Gasteiger partial charge is 0.495 e. The zero-order valence-corrected chi connectivity index (χ0v) is 14.1. The number of ether oxygens (including phenoxy) is 1. The van der Waals surface area contributed by atoms with Gasteiger partial charge in [-0.1, -0.05) is 23.7 Å². The van der Waals surface area contributed by atoms with Crippen LogP contribution in [0.3, 0.4) is 0 Å². The Morgan fingerprint density at radius 1 is 1.38 bits per heavy atom. The molecule has 124 valence electrons. The van der Waals surface area contributed by atoms with Crippen molar-refractivity contribution in [2.45, 2.75) is 0 Å². The highest BCUT2D eigenvalue weighted by atomic mass is 35.5. The highest BCUT2D eigenvalue weighted by Crippen LogP contribution is 2.23. The van der Waals surface area contributed by atoms with Crippen molar-refractivity contribution in [1.29, 1.82) is 0 Å². The number of methoxy groups -OCH3 is 1. The summed E-state index contributed by atoms with van der Waals surface area (Å²) in [5.74, 6) is 0.632. The van der Waals surface area contributed by atoms with Crippen LogP contribution in [0.2, 0.25) is 5.02 Å². The Hall–Kier alpha value is -2.71. The molecule has 0 amide bonds. The number of para-hydroxylation sites is 2. The van der Waals surface area contributed by atoms with E-state index >= 15 is 0 Å². The number of nitro benzene ring substituents is 1. The summed E-state index contributed by atoms with van der Waals surface area (Å²) >= 11 is 11.1. The molecular formula is C15H13ClN4O3S. The average Bonchev–Trinajstić information content (AvgIpc) is 2.56. The van der Waals surface area contributed by atoms with Gasteiger partial charge in [0.15, 0.2) is 5.11 Å². The second-order valence-electron chi connectivity index (χ2n) is 4.49. The molecule has 0 saturated carbocycles. The third-order valence-corrected chi connectivity index (χ3v) is 3.45. The smallest absolute Gasteiger partial charge is 0.270 e. The number of nitro groups is 1. The number of anilines is 1. The predicted molar refractivity (Wildman–Crippen MR) is 98.1 cm³/mol. The van der Waals surface area contributed by atoms with Gasteiger partial charge < -0.3 is 10.1 Å². The lowest BCUT2D eigenvalue weighted by molar-refractivity contribution is -0.384. The number of nitrogens with zero attached hydrogens (tertiary/aromatic N) is 2. The Kier molecular flexibility index (Phi) is 6.05. The molecule has 0 aromatic heterocycles. The van der Waals surface area contributed by atoms with E-state index in [2.05, 4.69) is 15.8 Å². The van der Waals surface area contributed by atoms with Crippen LogP contribution in [-0.4, -0.2) is 23.4 Å². The van der Waals surface area contributed by atoms with Crippen molar-refractivity contribution < 1.29 is 9.66 Å². The quantitative estimate of drug-likeness (QED) is 0.365. The van der Waals surface area contributed by atoms with Crippen molar-refractivity contribution in [3.63, 3.8) is 0 Å². The SMILES string of the molecule is COc1ccccc1NC(=S)N/N=C\c1cc([N+](=O)[O-])ccc1Cl. The highest BCUT2D eigenvalue weighted by Gasteiger charge is 2.08. The third kappa shape index (κ3) is 4.64. The summed E-state index contributed by atoms with van der Waals surface area (Å²) in [6, 6.07) is 11.3. The molecule has 0 unspecified atom stereocenters. The summed E-state index contributed by atoms with van der Waals surface area (Å²) in [5, 5.41) is 18.2. The fourth-order valence-corrected chi connectivity index (χ4v) is 2.13. The molecule has 2 aromatic rings. The van der Waals surface area contributed by atoms with Crippen LogP contribution < -0.4 is 15.5 Å². The fourth-order valence-electron chi connectivity index (χ4n) is 1.80. The van der Waals surface area contributed by atoms with Crippen LogP contribution in [0, 0.1) is 10.1 Å². The van der Waals surface area contributed by atoms with Gasteiger partial charge in [0.05, 0.1) is 23.9 Å². The van der Waals surface area contributed by atoms with E-state index in [0.717, 1.165) is 0 Å². The van der Waals surface area contributed by atoms with Gasteiger partial charge in [-0.25, -0.2) is 0 Å². The molecule has 2 aromatic carbocycles. The Morgan fingerprint density at radius 3 is 2.83 bits per heavy atom. The number of nitrogens with one attached hydrogen (secondary N) is 2. The van der Waals surface area contributed by atoms with E-state index in [-0.39, 0.29) is 10.8 Å². The van der Waals surface area contributed by atoms with Gasteiger partial charge in [0, 0.05) is 22.7 Å². The first kappa shape index (κ1) is 17.6. The normalized spacial score (nSPS) is 10.4. The van der Waals surface area contributed by atoms with Crippen molar-refractivity contribution in [3.8, 4) is 5.75 Å². The molecule has 2 rings (SSSR count). The van der Waals surface area contributed by atoms with Crippen LogP contribution in [0.1, 0.15) is 5.56 Å². The van der Waals surface area contributed by atoms with Crippen molar-refractivity contribution in [3.05, 3.63) is 63.2 Å². The zero-order chi connectivity index (χ0) is 17.5. The third-order valence-electron chi connectivity index (χ3n) is 2.92. The highest BCUT2D eigenvalue weighted by molar-refractivity contribution is 7.80. The lowest BCUT2D eigenvalue weighted by Crippen LogP contribution is -2.24. The fraction of sp³-hybridized carbons (Fsp3) is 0.0667. The molecule has 7 nitrogen and oxygen atoms in total. The van der Waals surface area contributed by atoms with Gasteiger partial charge in [0.2, 0.25) is 0 Å². The number of hydrogen-bond acceptors (Lipinski definition) is 5. The van der Waals surface area contributed by atoms with Gasteiger partial charge >= 0.3 is 0 Å². The standard InChI is InChI=1S/C15H13ClN4O3S/c1-23-14-5-3-2-4-13(14)18-15(24)19-17-9-10-8-11(20(21)22)6-7-12(10)16/h2-9H,1H3,(H2,18,19,24)/b17-9-. The Bertz CT molecular complexity index is 798. The minimum absolute atomic E-state index is 0.0735. The van der Waals surface area contributed by atoms with E-state index in [1.807, 2.05) is 12.1 Å². The number of hydrogen-bond donors (Lipinski definition) is 2. The van der Waals surface area contributed by atoms with E-state index in [9.17, 15) is 10.1 Å². The molecule has 0 fully saturated rings. The number of rotatable bonds is 5. The zero-order valence-electron chi connectivity index (χ0n) is 12.5. The summed E-state index contributed by atoms with van der Waals surface area (Å²) in [4.78, 5) is 10.3. The van der Waals surface area contributed by atoms with E-state index in [1.165, 1.54) is 24.4 Å².